The zero-order valence-electron chi connectivity index (χ0n) is 8.74. The number of ketones is 1. The number of hydrogen-bond donors (Lipinski definition) is 1. The Hall–Kier alpha value is -0.410. The highest BCUT2D eigenvalue weighted by Gasteiger charge is 2.25. The minimum atomic E-state index is 0.370. The van der Waals surface area contributed by atoms with Crippen molar-refractivity contribution in [2.45, 2.75) is 38.1 Å². The van der Waals surface area contributed by atoms with Gasteiger partial charge in [0, 0.05) is 32.0 Å². The number of Topliss-reactive ketones (excluding diaryl/α,β-unsaturated/α-hetero) is 1. The smallest absolute Gasteiger partial charge is 0.133 e. The molecule has 2 atom stereocenters. The third kappa shape index (κ3) is 2.55. The first kappa shape index (κ1) is 10.1. The normalized spacial score (nSPS) is 35.1. The Morgan fingerprint density at radius 1 is 1.43 bits per heavy atom. The zero-order valence-corrected chi connectivity index (χ0v) is 8.74. The van der Waals surface area contributed by atoms with Crippen LogP contribution in [0, 0.1) is 5.92 Å². The Bertz CT molecular complexity index is 217. The Morgan fingerprint density at radius 2 is 2.29 bits per heavy atom. The second-order valence-corrected chi connectivity index (χ2v) is 4.81. The third-order valence-electron chi connectivity index (χ3n) is 3.41. The number of likely N-dealkylation sites (tertiary alicyclic amines) is 1. The molecule has 1 aliphatic carbocycles. The van der Waals surface area contributed by atoms with E-state index in [2.05, 4.69) is 4.90 Å². The van der Waals surface area contributed by atoms with Gasteiger partial charge in [0.25, 0.3) is 0 Å². The summed E-state index contributed by atoms with van der Waals surface area (Å²) in [5, 5.41) is 0. The van der Waals surface area contributed by atoms with Crippen LogP contribution in [-0.2, 0) is 4.79 Å². The standard InChI is InChI=1S/C11H20N2O/c12-10-4-5-13(8-10)7-9-2-1-3-11(14)6-9/h9-10H,1-8,12H2. The molecule has 2 rings (SSSR count). The van der Waals surface area contributed by atoms with Crippen molar-refractivity contribution in [1.29, 1.82) is 0 Å². The van der Waals surface area contributed by atoms with Crippen LogP contribution in [0.2, 0.25) is 0 Å². The highest BCUT2D eigenvalue weighted by Crippen LogP contribution is 2.23. The molecule has 0 aromatic carbocycles. The van der Waals surface area contributed by atoms with Crippen molar-refractivity contribution in [1.82, 2.24) is 4.90 Å². The summed E-state index contributed by atoms with van der Waals surface area (Å²) in [6.07, 6.45) is 5.09. The van der Waals surface area contributed by atoms with E-state index in [0.717, 1.165) is 45.3 Å². The monoisotopic (exact) mass is 196 g/mol. The zero-order chi connectivity index (χ0) is 9.97. The average Bonchev–Trinajstić information content (AvgIpc) is 2.51. The van der Waals surface area contributed by atoms with E-state index in [1.165, 1.54) is 6.42 Å². The summed E-state index contributed by atoms with van der Waals surface area (Å²) in [7, 11) is 0. The highest BCUT2D eigenvalue weighted by atomic mass is 16.1. The molecule has 0 aromatic rings. The fraction of sp³-hybridized carbons (Fsp3) is 0.909. The molecular weight excluding hydrogens is 176 g/mol. The molecule has 0 amide bonds. The van der Waals surface area contributed by atoms with Gasteiger partial charge in [-0.05, 0) is 31.7 Å². The maximum absolute atomic E-state index is 11.3. The summed E-state index contributed by atoms with van der Waals surface area (Å²) >= 11 is 0. The molecule has 3 heteroatoms. The summed E-state index contributed by atoms with van der Waals surface area (Å²) in [5.41, 5.74) is 5.85. The molecule has 2 unspecified atom stereocenters. The average molecular weight is 196 g/mol. The second-order valence-electron chi connectivity index (χ2n) is 4.81. The second kappa shape index (κ2) is 4.41. The SMILES string of the molecule is NC1CCN(CC2CCCC(=O)C2)C1. The van der Waals surface area contributed by atoms with Crippen LogP contribution in [-0.4, -0.2) is 36.4 Å². The molecule has 14 heavy (non-hydrogen) atoms. The van der Waals surface area contributed by atoms with Crippen LogP contribution in [0.4, 0.5) is 0 Å². The Kier molecular flexibility index (Phi) is 3.19. The van der Waals surface area contributed by atoms with Gasteiger partial charge in [0.05, 0.1) is 0 Å². The fourth-order valence-electron chi connectivity index (χ4n) is 2.66. The number of rotatable bonds is 2. The van der Waals surface area contributed by atoms with Gasteiger partial charge in [-0.3, -0.25) is 4.79 Å². The molecule has 1 heterocycles. The topological polar surface area (TPSA) is 46.3 Å². The van der Waals surface area contributed by atoms with Crippen molar-refractivity contribution in [2.24, 2.45) is 11.7 Å². The Morgan fingerprint density at radius 3 is 2.93 bits per heavy atom. The van der Waals surface area contributed by atoms with Gasteiger partial charge in [0.15, 0.2) is 0 Å². The molecule has 0 aromatic heterocycles. The summed E-state index contributed by atoms with van der Waals surface area (Å²) in [5.74, 6) is 1.08. The van der Waals surface area contributed by atoms with Gasteiger partial charge < -0.3 is 10.6 Å². The van der Waals surface area contributed by atoms with Crippen LogP contribution in [0.15, 0.2) is 0 Å². The fourth-order valence-corrected chi connectivity index (χ4v) is 2.66. The molecule has 3 nitrogen and oxygen atoms in total. The van der Waals surface area contributed by atoms with Gasteiger partial charge >= 0.3 is 0 Å². The van der Waals surface area contributed by atoms with E-state index in [9.17, 15) is 4.79 Å². The van der Waals surface area contributed by atoms with Crippen LogP contribution in [0.25, 0.3) is 0 Å². The predicted molar refractivity (Wildman–Crippen MR) is 56.0 cm³/mol. The van der Waals surface area contributed by atoms with E-state index in [-0.39, 0.29) is 0 Å². The molecule has 2 N–H and O–H groups in total. The maximum Gasteiger partial charge on any atom is 0.133 e. The number of nitrogens with two attached hydrogens (primary N) is 1. The summed E-state index contributed by atoms with van der Waals surface area (Å²) in [6.45, 7) is 3.26. The molecule has 0 radical (unpaired) electrons. The maximum atomic E-state index is 11.3. The van der Waals surface area contributed by atoms with Crippen molar-refractivity contribution in [3.05, 3.63) is 0 Å². The lowest BCUT2D eigenvalue weighted by atomic mass is 9.88. The lowest BCUT2D eigenvalue weighted by Crippen LogP contribution is -2.32. The summed E-state index contributed by atoms with van der Waals surface area (Å²) in [4.78, 5) is 13.7. The number of carbonyl (C=O) groups excluding carboxylic acids is 1. The van der Waals surface area contributed by atoms with Gasteiger partial charge in [0.2, 0.25) is 0 Å². The molecule has 2 fully saturated rings. The van der Waals surface area contributed by atoms with Gasteiger partial charge in [-0.25, -0.2) is 0 Å². The lowest BCUT2D eigenvalue weighted by molar-refractivity contribution is -0.121. The van der Waals surface area contributed by atoms with Gasteiger partial charge in [-0.2, -0.15) is 0 Å². The van der Waals surface area contributed by atoms with Crippen LogP contribution in [0.3, 0.4) is 0 Å². The van der Waals surface area contributed by atoms with Crippen molar-refractivity contribution in [3.63, 3.8) is 0 Å². The van der Waals surface area contributed by atoms with Crippen molar-refractivity contribution in [2.75, 3.05) is 19.6 Å². The molecule has 0 spiro atoms. The minimum Gasteiger partial charge on any atom is -0.326 e. The van der Waals surface area contributed by atoms with Crippen LogP contribution in [0.1, 0.15) is 32.1 Å². The van der Waals surface area contributed by atoms with E-state index in [1.54, 1.807) is 0 Å². The molecule has 0 bridgehead atoms. The van der Waals surface area contributed by atoms with E-state index in [4.69, 9.17) is 5.73 Å². The van der Waals surface area contributed by atoms with E-state index in [1.807, 2.05) is 0 Å². The van der Waals surface area contributed by atoms with E-state index < -0.39 is 0 Å². The first-order valence-electron chi connectivity index (χ1n) is 5.73. The molecule has 1 saturated heterocycles. The molecule has 80 valence electrons. The van der Waals surface area contributed by atoms with Crippen LogP contribution >= 0.6 is 0 Å². The highest BCUT2D eigenvalue weighted by molar-refractivity contribution is 5.79. The van der Waals surface area contributed by atoms with Crippen molar-refractivity contribution >= 4 is 5.78 Å². The van der Waals surface area contributed by atoms with Crippen molar-refractivity contribution in [3.8, 4) is 0 Å². The number of hydrogen-bond acceptors (Lipinski definition) is 3. The predicted octanol–water partition coefficient (Wildman–Crippen LogP) is 0.779. The third-order valence-corrected chi connectivity index (χ3v) is 3.41. The minimum absolute atomic E-state index is 0.370. The number of nitrogens with zero attached hydrogens (tertiary/aromatic N) is 1. The lowest BCUT2D eigenvalue weighted by Gasteiger charge is -2.25. The molecule has 1 saturated carbocycles. The first-order chi connectivity index (χ1) is 6.74. The van der Waals surface area contributed by atoms with Gasteiger partial charge in [0.1, 0.15) is 5.78 Å². The summed E-state index contributed by atoms with van der Waals surface area (Å²) in [6, 6.07) is 0.370. The van der Waals surface area contributed by atoms with E-state index in [0.29, 0.717) is 17.7 Å². The van der Waals surface area contributed by atoms with Crippen LogP contribution < -0.4 is 5.73 Å². The largest absolute Gasteiger partial charge is 0.326 e. The molecular formula is C11H20N2O. The van der Waals surface area contributed by atoms with Crippen molar-refractivity contribution < 1.29 is 4.79 Å². The van der Waals surface area contributed by atoms with Crippen LogP contribution in [0.5, 0.6) is 0 Å². The molecule has 2 aliphatic rings. The van der Waals surface area contributed by atoms with Gasteiger partial charge in [-0.1, -0.05) is 0 Å². The quantitative estimate of drug-likeness (QED) is 0.710. The van der Waals surface area contributed by atoms with Gasteiger partial charge in [-0.15, -0.1) is 0 Å². The Labute approximate surface area is 85.6 Å². The molecule has 1 aliphatic heterocycles. The number of carbonyl (C=O) groups is 1. The summed E-state index contributed by atoms with van der Waals surface area (Å²) < 4.78 is 0. The Balaban J connectivity index is 1.76. The van der Waals surface area contributed by atoms with E-state index >= 15 is 0 Å². The first-order valence-corrected chi connectivity index (χ1v) is 5.73.